The second-order valence-electron chi connectivity index (χ2n) is 7.54. The molecule has 1 N–H and O–H groups in total. The van der Waals surface area contributed by atoms with Crippen molar-refractivity contribution in [2.75, 3.05) is 11.9 Å². The number of nitrogens with zero attached hydrogens (tertiary/aromatic N) is 4. The number of carbonyl (C=O) groups excluding carboxylic acids is 1. The lowest BCUT2D eigenvalue weighted by Crippen LogP contribution is -2.18. The van der Waals surface area contributed by atoms with Gasteiger partial charge in [-0.2, -0.15) is 5.10 Å². The molecule has 1 aliphatic carbocycles. The topological polar surface area (TPSA) is 112 Å². The number of carbonyl (C=O) groups is 1. The van der Waals surface area contributed by atoms with E-state index in [4.69, 9.17) is 4.74 Å². The first-order chi connectivity index (χ1) is 15.1. The smallest absolute Gasteiger partial charge is 0.277 e. The van der Waals surface area contributed by atoms with E-state index in [1.54, 1.807) is 42.7 Å². The zero-order valence-corrected chi connectivity index (χ0v) is 16.9. The van der Waals surface area contributed by atoms with Gasteiger partial charge in [0.25, 0.3) is 11.6 Å². The Bertz CT molecular complexity index is 1060. The van der Waals surface area contributed by atoms with E-state index >= 15 is 0 Å². The number of nitrogens with one attached hydrogen (secondary N) is 1. The Balaban J connectivity index is 1.42. The number of hydrogen-bond acceptors (Lipinski definition) is 6. The van der Waals surface area contributed by atoms with E-state index in [1.807, 2.05) is 0 Å². The van der Waals surface area contributed by atoms with E-state index in [0.29, 0.717) is 29.8 Å². The molecule has 0 saturated heterocycles. The summed E-state index contributed by atoms with van der Waals surface area (Å²) in [6.45, 7) is 0.614. The monoisotopic (exact) mass is 421 g/mol. The molecule has 2 heterocycles. The van der Waals surface area contributed by atoms with Crippen molar-refractivity contribution in [3.63, 3.8) is 0 Å². The van der Waals surface area contributed by atoms with Crippen molar-refractivity contribution in [3.8, 4) is 11.4 Å². The van der Waals surface area contributed by atoms with Crippen LogP contribution in [0, 0.1) is 16.0 Å². The number of anilines is 1. The maximum Gasteiger partial charge on any atom is 0.277 e. The number of aromatic nitrogens is 3. The lowest BCUT2D eigenvalue weighted by molar-refractivity contribution is -0.384. The number of ether oxygens (including phenoxy) is 1. The van der Waals surface area contributed by atoms with Gasteiger partial charge in [0, 0.05) is 24.5 Å². The van der Waals surface area contributed by atoms with Crippen molar-refractivity contribution in [1.82, 2.24) is 14.8 Å². The molecule has 1 aliphatic rings. The van der Waals surface area contributed by atoms with E-state index in [0.717, 1.165) is 0 Å². The summed E-state index contributed by atoms with van der Waals surface area (Å²) < 4.78 is 7.44. The average molecular weight is 421 g/mol. The van der Waals surface area contributed by atoms with Crippen LogP contribution in [0.2, 0.25) is 0 Å². The highest BCUT2D eigenvalue weighted by Crippen LogP contribution is 2.27. The molecule has 2 aromatic heterocycles. The molecule has 9 nitrogen and oxygen atoms in total. The molecule has 31 heavy (non-hydrogen) atoms. The molecular weight excluding hydrogens is 398 g/mol. The summed E-state index contributed by atoms with van der Waals surface area (Å²) in [7, 11) is 0. The first-order valence-electron chi connectivity index (χ1n) is 10.3. The summed E-state index contributed by atoms with van der Waals surface area (Å²) in [6.07, 6.45) is 9.32. The van der Waals surface area contributed by atoms with Crippen LogP contribution in [0.5, 0.6) is 5.75 Å². The fraction of sp³-hybridized carbons (Fsp3) is 0.318. The fourth-order valence-corrected chi connectivity index (χ4v) is 3.65. The van der Waals surface area contributed by atoms with Crippen LogP contribution in [-0.2, 0) is 0 Å². The van der Waals surface area contributed by atoms with Crippen LogP contribution in [0.3, 0.4) is 0 Å². The highest BCUT2D eigenvalue weighted by molar-refractivity contribution is 6.03. The molecule has 1 saturated carbocycles. The van der Waals surface area contributed by atoms with Gasteiger partial charge in [0.2, 0.25) is 0 Å². The van der Waals surface area contributed by atoms with Crippen LogP contribution in [0.1, 0.15) is 42.6 Å². The summed E-state index contributed by atoms with van der Waals surface area (Å²) >= 11 is 0. The van der Waals surface area contributed by atoms with Crippen molar-refractivity contribution in [3.05, 3.63) is 70.7 Å². The third-order valence-corrected chi connectivity index (χ3v) is 5.35. The summed E-state index contributed by atoms with van der Waals surface area (Å²) in [5.74, 6) is 1.02. The zero-order chi connectivity index (χ0) is 21.6. The molecule has 160 valence electrons. The van der Waals surface area contributed by atoms with Gasteiger partial charge in [-0.15, -0.1) is 0 Å². The van der Waals surface area contributed by atoms with Crippen LogP contribution in [0.15, 0.2) is 54.9 Å². The number of pyridine rings is 1. The van der Waals surface area contributed by atoms with E-state index in [1.165, 1.54) is 48.9 Å². The quantitative estimate of drug-likeness (QED) is 0.447. The number of amides is 1. The number of nitro benzene ring substituents is 1. The second-order valence-corrected chi connectivity index (χ2v) is 7.54. The Morgan fingerprint density at radius 1 is 1.16 bits per heavy atom. The van der Waals surface area contributed by atoms with Gasteiger partial charge in [-0.3, -0.25) is 14.9 Å². The summed E-state index contributed by atoms with van der Waals surface area (Å²) in [6, 6.07) is 11.1. The normalized spacial score (nSPS) is 14.2. The lowest BCUT2D eigenvalue weighted by Gasteiger charge is -2.22. The van der Waals surface area contributed by atoms with Crippen molar-refractivity contribution in [2.45, 2.75) is 32.1 Å². The molecule has 3 aromatic rings. The van der Waals surface area contributed by atoms with Gasteiger partial charge in [-0.25, -0.2) is 9.67 Å². The number of non-ortho nitro benzene ring substituents is 1. The minimum absolute atomic E-state index is 0.00946. The molecule has 4 rings (SSSR count). The molecule has 0 radical (unpaired) electrons. The van der Waals surface area contributed by atoms with Gasteiger partial charge in [-0.1, -0.05) is 19.3 Å². The average Bonchev–Trinajstić information content (AvgIpc) is 3.30. The van der Waals surface area contributed by atoms with Gasteiger partial charge in [-0.05, 0) is 49.1 Å². The maximum atomic E-state index is 12.7. The van der Waals surface area contributed by atoms with Gasteiger partial charge < -0.3 is 10.1 Å². The van der Waals surface area contributed by atoms with Crippen molar-refractivity contribution in [1.29, 1.82) is 0 Å². The van der Waals surface area contributed by atoms with Crippen LogP contribution >= 0.6 is 0 Å². The molecular formula is C22H23N5O4. The number of rotatable bonds is 7. The minimum Gasteiger partial charge on any atom is -0.489 e. The Kier molecular flexibility index (Phi) is 6.21. The third-order valence-electron chi connectivity index (χ3n) is 5.35. The molecule has 0 unspecified atom stereocenters. The molecule has 0 aliphatic heterocycles. The van der Waals surface area contributed by atoms with Crippen molar-refractivity contribution < 1.29 is 14.5 Å². The maximum absolute atomic E-state index is 12.7. The van der Waals surface area contributed by atoms with Crippen molar-refractivity contribution in [2.24, 2.45) is 5.92 Å². The van der Waals surface area contributed by atoms with E-state index < -0.39 is 10.8 Å². The van der Waals surface area contributed by atoms with Gasteiger partial charge in [0.15, 0.2) is 17.3 Å². The van der Waals surface area contributed by atoms with E-state index in [9.17, 15) is 14.9 Å². The summed E-state index contributed by atoms with van der Waals surface area (Å²) in [5, 5.41) is 17.8. The number of hydrogen-bond donors (Lipinski definition) is 1. The van der Waals surface area contributed by atoms with Crippen molar-refractivity contribution >= 4 is 17.4 Å². The third kappa shape index (κ3) is 5.06. The highest BCUT2D eigenvalue weighted by Gasteiger charge is 2.17. The predicted molar refractivity (Wildman–Crippen MR) is 114 cm³/mol. The molecule has 9 heteroatoms. The fourth-order valence-electron chi connectivity index (χ4n) is 3.65. The second kappa shape index (κ2) is 9.38. The molecule has 1 fully saturated rings. The molecule has 0 atom stereocenters. The SMILES string of the molecule is O=C(Nc1ncccc1OCC1CCCCC1)c1ccn(-c2ccc([N+](=O)[O-])cc2)n1. The number of benzene rings is 1. The Morgan fingerprint density at radius 2 is 1.94 bits per heavy atom. The standard InChI is InChI=1S/C22H23N5O4/c28-22(19-12-14-26(25-19)17-8-10-18(11-9-17)27(29)30)24-21-20(7-4-13-23-21)31-15-16-5-2-1-3-6-16/h4,7-14,16H,1-3,5-6,15H2,(H,23,24,28). The molecule has 1 aromatic carbocycles. The summed E-state index contributed by atoms with van der Waals surface area (Å²) in [4.78, 5) is 27.3. The van der Waals surface area contributed by atoms with Gasteiger partial charge >= 0.3 is 0 Å². The molecule has 0 bridgehead atoms. The van der Waals surface area contributed by atoms with Crippen LogP contribution in [0.25, 0.3) is 5.69 Å². The minimum atomic E-state index is -0.466. The summed E-state index contributed by atoms with van der Waals surface area (Å²) in [5.41, 5.74) is 0.797. The molecule has 1 amide bonds. The first kappa shape index (κ1) is 20.5. The Morgan fingerprint density at radius 3 is 2.68 bits per heavy atom. The van der Waals surface area contributed by atoms with Gasteiger partial charge in [0.1, 0.15) is 0 Å². The highest BCUT2D eigenvalue weighted by atomic mass is 16.6. The van der Waals surface area contributed by atoms with Crippen LogP contribution < -0.4 is 10.1 Å². The van der Waals surface area contributed by atoms with Crippen LogP contribution in [0.4, 0.5) is 11.5 Å². The Labute approximate surface area is 179 Å². The van der Waals surface area contributed by atoms with E-state index in [-0.39, 0.29) is 11.4 Å². The van der Waals surface area contributed by atoms with E-state index in [2.05, 4.69) is 15.4 Å². The molecule has 0 spiro atoms. The number of nitro groups is 1. The van der Waals surface area contributed by atoms with Crippen LogP contribution in [-0.4, -0.2) is 32.2 Å². The largest absolute Gasteiger partial charge is 0.489 e. The van der Waals surface area contributed by atoms with Gasteiger partial charge in [0.05, 0.1) is 17.2 Å². The lowest BCUT2D eigenvalue weighted by atomic mass is 9.90. The first-order valence-corrected chi connectivity index (χ1v) is 10.3. The Hall–Kier alpha value is -3.75. The zero-order valence-electron chi connectivity index (χ0n) is 16.9. The predicted octanol–water partition coefficient (Wildman–Crippen LogP) is 4.39.